The summed E-state index contributed by atoms with van der Waals surface area (Å²) in [6.07, 6.45) is 0. The van der Waals surface area contributed by atoms with E-state index >= 15 is 0 Å². The summed E-state index contributed by atoms with van der Waals surface area (Å²) >= 11 is -1.88. The minimum atomic E-state index is -4.44. The van der Waals surface area contributed by atoms with E-state index in [1.165, 1.54) is 0 Å². The molecule has 7 heteroatoms. The van der Waals surface area contributed by atoms with Gasteiger partial charge in [-0.05, 0) is 0 Å². The third kappa shape index (κ3) is 6.47. The molecule has 0 amide bonds. The maximum absolute atomic E-state index is 9.53. The molecule has 0 spiro atoms. The standard InChI is InChI=1S/AsH2O5P/c2-1-6-7(3,4)5/h(H2,3,4,5). The minimum absolute atomic E-state index is 1.88. The number of hydrogen-bond donors (Lipinski definition) is 2. The van der Waals surface area contributed by atoms with Gasteiger partial charge in [0.05, 0.1) is 0 Å². The van der Waals surface area contributed by atoms with Gasteiger partial charge in [-0.3, -0.25) is 0 Å². The van der Waals surface area contributed by atoms with Gasteiger partial charge >= 0.3 is 45.5 Å². The zero-order valence-corrected chi connectivity index (χ0v) is 5.78. The first-order valence-electron chi connectivity index (χ1n) is 1.13. The first-order valence-corrected chi connectivity index (χ1v) is 4.19. The van der Waals surface area contributed by atoms with Gasteiger partial charge < -0.3 is 0 Å². The van der Waals surface area contributed by atoms with Crippen LogP contribution in [0.3, 0.4) is 0 Å². The van der Waals surface area contributed by atoms with E-state index in [4.69, 9.17) is 9.79 Å². The first-order chi connectivity index (χ1) is 3.06. The molecule has 0 aliphatic rings. The molecule has 42 valence electrons. The van der Waals surface area contributed by atoms with Crippen molar-refractivity contribution in [2.45, 2.75) is 0 Å². The molecule has 0 unspecified atom stereocenters. The van der Waals surface area contributed by atoms with Crippen LogP contribution in [0.5, 0.6) is 0 Å². The Labute approximate surface area is 46.2 Å². The van der Waals surface area contributed by atoms with E-state index in [2.05, 4.69) is 3.51 Å². The van der Waals surface area contributed by atoms with Crippen LogP contribution in [0, 0.1) is 0 Å². The van der Waals surface area contributed by atoms with Crippen molar-refractivity contribution >= 4 is 23.9 Å². The summed E-state index contributed by atoms with van der Waals surface area (Å²) in [6.45, 7) is 0. The van der Waals surface area contributed by atoms with Crippen LogP contribution >= 0.6 is 7.82 Å². The first kappa shape index (κ1) is 7.47. The Hall–Kier alpha value is 0.468. The van der Waals surface area contributed by atoms with E-state index in [9.17, 15) is 8.30 Å². The van der Waals surface area contributed by atoms with Gasteiger partial charge in [0.1, 0.15) is 0 Å². The van der Waals surface area contributed by atoms with Crippen LogP contribution in [0.4, 0.5) is 0 Å². The van der Waals surface area contributed by atoms with Crippen LogP contribution < -0.4 is 0 Å². The quantitative estimate of drug-likeness (QED) is 0.431. The van der Waals surface area contributed by atoms with Crippen molar-refractivity contribution in [1.29, 1.82) is 0 Å². The molecular weight excluding hydrogens is 186 g/mol. The van der Waals surface area contributed by atoms with Crippen LogP contribution in [0.2, 0.25) is 0 Å². The van der Waals surface area contributed by atoms with Crippen molar-refractivity contribution < 1.29 is 21.6 Å². The molecule has 0 fully saturated rings. The summed E-state index contributed by atoms with van der Waals surface area (Å²) in [7, 11) is -4.44. The van der Waals surface area contributed by atoms with E-state index < -0.39 is 23.9 Å². The predicted octanol–water partition coefficient (Wildman–Crippen LogP) is -0.940. The molecule has 0 aliphatic heterocycles. The summed E-state index contributed by atoms with van der Waals surface area (Å²) in [4.78, 5) is 15.5. The van der Waals surface area contributed by atoms with Crippen molar-refractivity contribution in [2.75, 3.05) is 0 Å². The summed E-state index contributed by atoms with van der Waals surface area (Å²) in [5.74, 6) is 0. The molecule has 5 nitrogen and oxygen atoms in total. The van der Waals surface area contributed by atoms with Gasteiger partial charge in [0.25, 0.3) is 0 Å². The summed E-state index contributed by atoms with van der Waals surface area (Å²) < 4.78 is 22.3. The summed E-state index contributed by atoms with van der Waals surface area (Å²) in [5, 5.41) is 0. The SMILES string of the molecule is O=[As]OP(=O)(O)O. The van der Waals surface area contributed by atoms with Crippen LogP contribution in [-0.2, 0) is 11.8 Å². The van der Waals surface area contributed by atoms with E-state index in [0.717, 1.165) is 0 Å². The monoisotopic (exact) mass is 188 g/mol. The zero-order valence-electron chi connectivity index (χ0n) is 3.01. The number of hydrogen-bond acceptors (Lipinski definition) is 3. The van der Waals surface area contributed by atoms with Gasteiger partial charge in [0.2, 0.25) is 0 Å². The molecule has 0 bridgehead atoms. The fourth-order valence-corrected chi connectivity index (χ4v) is 0.677. The average Bonchev–Trinajstić information content (AvgIpc) is 1.30. The summed E-state index contributed by atoms with van der Waals surface area (Å²) in [5.41, 5.74) is 0. The van der Waals surface area contributed by atoms with Crippen molar-refractivity contribution in [3.8, 4) is 0 Å². The molecule has 7 heavy (non-hydrogen) atoms. The Kier molecular flexibility index (Phi) is 2.88. The summed E-state index contributed by atoms with van der Waals surface area (Å²) in [6, 6.07) is 0. The molecule has 2 N–H and O–H groups in total. The van der Waals surface area contributed by atoms with Crippen LogP contribution in [0.15, 0.2) is 0 Å². The molecule has 0 aliphatic carbocycles. The molecule has 0 aromatic carbocycles. The van der Waals surface area contributed by atoms with Crippen LogP contribution in [0.1, 0.15) is 0 Å². The topological polar surface area (TPSA) is 83.8 Å². The third-order valence-corrected chi connectivity index (χ3v) is 2.18. The second kappa shape index (κ2) is 2.70. The molecule has 0 rings (SSSR count). The van der Waals surface area contributed by atoms with E-state index in [1.807, 2.05) is 0 Å². The van der Waals surface area contributed by atoms with E-state index in [1.54, 1.807) is 0 Å². The fourth-order valence-electron chi connectivity index (χ4n) is 0.0434. The van der Waals surface area contributed by atoms with E-state index in [-0.39, 0.29) is 0 Å². The van der Waals surface area contributed by atoms with Gasteiger partial charge in [0, 0.05) is 0 Å². The van der Waals surface area contributed by atoms with Gasteiger partial charge in [0.15, 0.2) is 0 Å². The maximum atomic E-state index is 9.53. The molecule has 0 heterocycles. The van der Waals surface area contributed by atoms with Crippen molar-refractivity contribution in [2.24, 2.45) is 0 Å². The number of rotatable bonds is 2. The third-order valence-electron chi connectivity index (χ3n) is 0.140. The Bertz CT molecular complexity index is 101. The normalized spacial score (nSPS) is 12.3. The zero-order chi connectivity index (χ0) is 5.91. The van der Waals surface area contributed by atoms with Crippen LogP contribution in [0.25, 0.3) is 0 Å². The molecule has 0 radical (unpaired) electrons. The Morgan fingerprint density at radius 2 is 2.00 bits per heavy atom. The van der Waals surface area contributed by atoms with Crippen molar-refractivity contribution in [3.05, 3.63) is 0 Å². The molecule has 0 saturated heterocycles. The molecule has 0 atom stereocenters. The Morgan fingerprint density at radius 1 is 1.57 bits per heavy atom. The van der Waals surface area contributed by atoms with Crippen molar-refractivity contribution in [3.63, 3.8) is 0 Å². The second-order valence-electron chi connectivity index (χ2n) is 0.647. The van der Waals surface area contributed by atoms with Gasteiger partial charge in [-0.2, -0.15) is 0 Å². The Morgan fingerprint density at radius 3 is 2.00 bits per heavy atom. The van der Waals surface area contributed by atoms with Gasteiger partial charge in [-0.25, -0.2) is 0 Å². The average molecular weight is 188 g/mol. The molecule has 0 aromatic heterocycles. The van der Waals surface area contributed by atoms with Gasteiger partial charge in [-0.1, -0.05) is 0 Å². The fraction of sp³-hybridized carbons (Fsp3) is 0. The molecular formula is H2AsO5P. The molecule has 0 aromatic rings. The predicted molar refractivity (Wildman–Crippen MR) is 19.6 cm³/mol. The van der Waals surface area contributed by atoms with Crippen LogP contribution in [-0.4, -0.2) is 25.8 Å². The van der Waals surface area contributed by atoms with Crippen molar-refractivity contribution in [1.82, 2.24) is 0 Å². The number of phosphoric acid groups is 1. The second-order valence-corrected chi connectivity index (χ2v) is 3.13. The Balaban J connectivity index is 3.57. The van der Waals surface area contributed by atoms with Gasteiger partial charge in [-0.15, -0.1) is 0 Å². The molecule has 0 saturated carbocycles. The van der Waals surface area contributed by atoms with E-state index in [0.29, 0.717) is 0 Å².